The molecule has 0 aromatic heterocycles. The molecule has 23 heavy (non-hydrogen) atoms. The molecule has 1 aromatic rings. The highest BCUT2D eigenvalue weighted by atomic mass is 35.5. The molecule has 1 aromatic carbocycles. The fraction of sp³-hybridized carbons (Fsp3) is 0.611. The molecule has 2 saturated heterocycles. The molecular weight excluding hydrogens is 310 g/mol. The molecule has 0 radical (unpaired) electrons. The maximum atomic E-state index is 12.2. The SMILES string of the molecule is CC1CN(Cc2ccccc2)CC(C)C1NC(=O)C1CNC1.Cl. The summed E-state index contributed by atoms with van der Waals surface area (Å²) in [6.45, 7) is 9.29. The third kappa shape index (κ3) is 4.46. The summed E-state index contributed by atoms with van der Waals surface area (Å²) in [5.41, 5.74) is 1.37. The maximum absolute atomic E-state index is 12.2. The van der Waals surface area contributed by atoms with Crippen LogP contribution in [0.15, 0.2) is 30.3 Å². The Bertz CT molecular complexity index is 494. The van der Waals surface area contributed by atoms with Crippen LogP contribution in [0.25, 0.3) is 0 Å². The Labute approximate surface area is 145 Å². The number of likely N-dealkylation sites (tertiary alicyclic amines) is 1. The highest BCUT2D eigenvalue weighted by molar-refractivity contribution is 5.85. The molecule has 128 valence electrons. The van der Waals surface area contributed by atoms with E-state index in [4.69, 9.17) is 0 Å². The molecule has 5 heteroatoms. The first-order valence-electron chi connectivity index (χ1n) is 8.41. The highest BCUT2D eigenvalue weighted by Crippen LogP contribution is 2.24. The van der Waals surface area contributed by atoms with E-state index in [0.717, 1.165) is 32.7 Å². The molecule has 4 nitrogen and oxygen atoms in total. The lowest BCUT2D eigenvalue weighted by Crippen LogP contribution is -2.59. The zero-order chi connectivity index (χ0) is 15.5. The van der Waals surface area contributed by atoms with Gasteiger partial charge in [0.1, 0.15) is 0 Å². The number of hydrogen-bond acceptors (Lipinski definition) is 3. The Morgan fingerprint density at radius 1 is 1.17 bits per heavy atom. The van der Waals surface area contributed by atoms with Crippen molar-refractivity contribution in [1.29, 1.82) is 0 Å². The number of nitrogens with zero attached hydrogens (tertiary/aromatic N) is 1. The summed E-state index contributed by atoms with van der Waals surface area (Å²) in [6.07, 6.45) is 0. The number of rotatable bonds is 4. The largest absolute Gasteiger partial charge is 0.352 e. The Morgan fingerprint density at radius 2 is 1.78 bits per heavy atom. The van der Waals surface area contributed by atoms with Crippen LogP contribution < -0.4 is 10.6 Å². The number of amides is 1. The number of nitrogens with one attached hydrogen (secondary N) is 2. The quantitative estimate of drug-likeness (QED) is 0.882. The Morgan fingerprint density at radius 3 is 2.30 bits per heavy atom. The van der Waals surface area contributed by atoms with Gasteiger partial charge in [0.25, 0.3) is 0 Å². The zero-order valence-electron chi connectivity index (χ0n) is 14.0. The van der Waals surface area contributed by atoms with Gasteiger partial charge >= 0.3 is 0 Å². The van der Waals surface area contributed by atoms with Gasteiger partial charge in [-0.25, -0.2) is 0 Å². The summed E-state index contributed by atoms with van der Waals surface area (Å²) in [6, 6.07) is 10.9. The molecule has 0 spiro atoms. The van der Waals surface area contributed by atoms with Crippen molar-refractivity contribution >= 4 is 18.3 Å². The number of benzene rings is 1. The molecule has 0 bridgehead atoms. The second-order valence-electron chi connectivity index (χ2n) is 7.02. The van der Waals surface area contributed by atoms with Gasteiger partial charge in [-0.1, -0.05) is 44.2 Å². The van der Waals surface area contributed by atoms with Crippen molar-refractivity contribution < 1.29 is 4.79 Å². The van der Waals surface area contributed by atoms with Crippen LogP contribution in [0.5, 0.6) is 0 Å². The first kappa shape index (κ1) is 18.2. The summed E-state index contributed by atoms with van der Waals surface area (Å²) >= 11 is 0. The van der Waals surface area contributed by atoms with E-state index in [1.165, 1.54) is 5.56 Å². The summed E-state index contributed by atoms with van der Waals surface area (Å²) in [5.74, 6) is 1.40. The van der Waals surface area contributed by atoms with Gasteiger partial charge in [0.05, 0.1) is 5.92 Å². The molecule has 2 atom stereocenters. The number of carbonyl (C=O) groups is 1. The van der Waals surface area contributed by atoms with Gasteiger partial charge in [-0.15, -0.1) is 12.4 Å². The molecular formula is C18H28ClN3O. The van der Waals surface area contributed by atoms with Gasteiger partial charge in [0.15, 0.2) is 0 Å². The predicted octanol–water partition coefficient (Wildman–Crippen LogP) is 1.90. The van der Waals surface area contributed by atoms with Crippen molar-refractivity contribution in [3.8, 4) is 0 Å². The summed E-state index contributed by atoms with van der Waals surface area (Å²) in [4.78, 5) is 14.7. The van der Waals surface area contributed by atoms with Gasteiger partial charge in [-0.3, -0.25) is 9.69 Å². The Balaban J connectivity index is 0.00000192. The lowest BCUT2D eigenvalue weighted by Gasteiger charge is -2.42. The molecule has 1 amide bonds. The van der Waals surface area contributed by atoms with Crippen molar-refractivity contribution in [3.05, 3.63) is 35.9 Å². The standard InChI is InChI=1S/C18H27N3O.ClH/c1-13-10-21(12-15-6-4-3-5-7-15)11-14(2)17(13)20-18(22)16-8-19-9-16;/h3-7,13-14,16-17,19H,8-12H2,1-2H3,(H,20,22);1H. The van der Waals surface area contributed by atoms with E-state index < -0.39 is 0 Å². The van der Waals surface area contributed by atoms with Crippen molar-refractivity contribution in [2.45, 2.75) is 26.4 Å². The smallest absolute Gasteiger partial charge is 0.225 e. The second kappa shape index (κ2) is 8.13. The van der Waals surface area contributed by atoms with Gasteiger partial charge in [0.2, 0.25) is 5.91 Å². The van der Waals surface area contributed by atoms with Crippen molar-refractivity contribution in [2.75, 3.05) is 26.2 Å². The van der Waals surface area contributed by atoms with Gasteiger partial charge < -0.3 is 10.6 Å². The molecule has 0 aliphatic carbocycles. The molecule has 2 heterocycles. The first-order chi connectivity index (χ1) is 10.6. The van der Waals surface area contributed by atoms with E-state index >= 15 is 0 Å². The van der Waals surface area contributed by atoms with Gasteiger partial charge in [-0.05, 0) is 17.4 Å². The van der Waals surface area contributed by atoms with E-state index in [2.05, 4.69) is 59.7 Å². The molecule has 2 N–H and O–H groups in total. The summed E-state index contributed by atoms with van der Waals surface area (Å²) in [7, 11) is 0. The molecule has 0 saturated carbocycles. The third-order valence-corrected chi connectivity index (χ3v) is 5.03. The molecule has 2 aliphatic rings. The molecule has 3 rings (SSSR count). The number of piperidine rings is 1. The minimum absolute atomic E-state index is 0. The van der Waals surface area contributed by atoms with Crippen LogP contribution >= 0.6 is 12.4 Å². The fourth-order valence-electron chi connectivity index (χ4n) is 3.69. The zero-order valence-corrected chi connectivity index (χ0v) is 14.8. The van der Waals surface area contributed by atoms with Crippen LogP contribution in [0, 0.1) is 17.8 Å². The molecule has 2 unspecified atom stereocenters. The first-order valence-corrected chi connectivity index (χ1v) is 8.41. The molecule has 2 fully saturated rings. The fourth-order valence-corrected chi connectivity index (χ4v) is 3.69. The number of carbonyl (C=O) groups excluding carboxylic acids is 1. The van der Waals surface area contributed by atoms with Crippen LogP contribution in [0.4, 0.5) is 0 Å². The van der Waals surface area contributed by atoms with E-state index in [-0.39, 0.29) is 24.2 Å². The van der Waals surface area contributed by atoms with E-state index in [1.807, 2.05) is 0 Å². The summed E-state index contributed by atoms with van der Waals surface area (Å²) in [5, 5.41) is 6.47. The van der Waals surface area contributed by atoms with Crippen molar-refractivity contribution in [1.82, 2.24) is 15.5 Å². The normalized spacial score (nSPS) is 28.5. The van der Waals surface area contributed by atoms with Crippen molar-refractivity contribution in [3.63, 3.8) is 0 Å². The third-order valence-electron chi connectivity index (χ3n) is 5.03. The average Bonchev–Trinajstić information content (AvgIpc) is 2.42. The van der Waals surface area contributed by atoms with Crippen LogP contribution in [-0.4, -0.2) is 43.0 Å². The Kier molecular flexibility index (Phi) is 6.45. The Hall–Kier alpha value is -1.10. The predicted molar refractivity (Wildman–Crippen MR) is 95.6 cm³/mol. The van der Waals surface area contributed by atoms with Crippen LogP contribution in [0.2, 0.25) is 0 Å². The highest BCUT2D eigenvalue weighted by Gasteiger charge is 2.35. The lowest BCUT2D eigenvalue weighted by atomic mass is 9.85. The van der Waals surface area contributed by atoms with E-state index in [9.17, 15) is 4.79 Å². The minimum Gasteiger partial charge on any atom is -0.352 e. The monoisotopic (exact) mass is 337 g/mol. The number of hydrogen-bond donors (Lipinski definition) is 2. The van der Waals surface area contributed by atoms with Crippen LogP contribution in [0.1, 0.15) is 19.4 Å². The van der Waals surface area contributed by atoms with E-state index in [0.29, 0.717) is 17.9 Å². The minimum atomic E-state index is 0. The van der Waals surface area contributed by atoms with Crippen LogP contribution in [-0.2, 0) is 11.3 Å². The van der Waals surface area contributed by atoms with Gasteiger partial charge in [0, 0.05) is 38.8 Å². The van der Waals surface area contributed by atoms with Gasteiger partial charge in [-0.2, -0.15) is 0 Å². The molecule has 2 aliphatic heterocycles. The van der Waals surface area contributed by atoms with Crippen LogP contribution in [0.3, 0.4) is 0 Å². The topological polar surface area (TPSA) is 44.4 Å². The van der Waals surface area contributed by atoms with Crippen molar-refractivity contribution in [2.24, 2.45) is 17.8 Å². The average molecular weight is 338 g/mol. The van der Waals surface area contributed by atoms with E-state index in [1.54, 1.807) is 0 Å². The summed E-state index contributed by atoms with van der Waals surface area (Å²) < 4.78 is 0. The second-order valence-corrected chi connectivity index (χ2v) is 7.02. The maximum Gasteiger partial charge on any atom is 0.225 e. The lowest BCUT2D eigenvalue weighted by molar-refractivity contribution is -0.128. The number of halogens is 1.